The van der Waals surface area contributed by atoms with Gasteiger partial charge in [0.15, 0.2) is 0 Å². The van der Waals surface area contributed by atoms with E-state index in [-0.39, 0.29) is 17.6 Å². The predicted molar refractivity (Wildman–Crippen MR) is 73.2 cm³/mol. The maximum Gasteiger partial charge on any atom is 0.223 e. The zero-order valence-corrected chi connectivity index (χ0v) is 11.5. The lowest BCUT2D eigenvalue weighted by Gasteiger charge is -2.27. The number of hydrogen-bond donors (Lipinski definition) is 2. The van der Waals surface area contributed by atoms with Gasteiger partial charge in [0.25, 0.3) is 0 Å². The molecular weight excluding hydrogens is 243 g/mol. The van der Waals surface area contributed by atoms with Gasteiger partial charge in [-0.3, -0.25) is 4.79 Å². The molecule has 1 amide bonds. The molecule has 4 heteroatoms. The van der Waals surface area contributed by atoms with Crippen molar-refractivity contribution in [3.63, 3.8) is 0 Å². The highest BCUT2D eigenvalue weighted by atomic mass is 19.1. The van der Waals surface area contributed by atoms with E-state index >= 15 is 0 Å². The van der Waals surface area contributed by atoms with Gasteiger partial charge in [-0.2, -0.15) is 0 Å². The first-order chi connectivity index (χ1) is 9.06. The van der Waals surface area contributed by atoms with Crippen LogP contribution < -0.4 is 10.6 Å². The molecule has 0 radical (unpaired) electrons. The summed E-state index contributed by atoms with van der Waals surface area (Å²) in [5, 5.41) is 6.28. The minimum atomic E-state index is -0.206. The van der Waals surface area contributed by atoms with Gasteiger partial charge in [0, 0.05) is 18.5 Å². The molecule has 0 saturated carbocycles. The van der Waals surface area contributed by atoms with Crippen LogP contribution in [0.3, 0.4) is 0 Å². The Morgan fingerprint density at radius 2 is 2.32 bits per heavy atom. The van der Waals surface area contributed by atoms with E-state index in [2.05, 4.69) is 17.6 Å². The Labute approximate surface area is 113 Å². The van der Waals surface area contributed by atoms with Crippen molar-refractivity contribution < 1.29 is 9.18 Å². The van der Waals surface area contributed by atoms with Crippen molar-refractivity contribution in [2.24, 2.45) is 5.92 Å². The summed E-state index contributed by atoms with van der Waals surface area (Å²) in [6.07, 6.45) is 1.77. The van der Waals surface area contributed by atoms with E-state index in [1.807, 2.05) is 0 Å². The molecule has 2 N–H and O–H groups in total. The molecule has 1 aliphatic rings. The van der Waals surface area contributed by atoms with Crippen LogP contribution in [0.15, 0.2) is 18.2 Å². The molecule has 1 saturated heterocycles. The molecule has 0 unspecified atom stereocenters. The van der Waals surface area contributed by atoms with E-state index in [4.69, 9.17) is 0 Å². The average Bonchev–Trinajstić information content (AvgIpc) is 2.40. The number of carbonyl (C=O) groups excluding carboxylic acids is 1. The van der Waals surface area contributed by atoms with Gasteiger partial charge in [-0.05, 0) is 50.4 Å². The van der Waals surface area contributed by atoms with Crippen LogP contribution in [0.2, 0.25) is 0 Å². The molecule has 0 aliphatic carbocycles. The van der Waals surface area contributed by atoms with Crippen molar-refractivity contribution in [3.05, 3.63) is 35.1 Å². The number of halogens is 1. The second-order valence-corrected chi connectivity index (χ2v) is 5.38. The molecule has 0 spiro atoms. The second-order valence-electron chi connectivity index (χ2n) is 5.38. The van der Waals surface area contributed by atoms with Crippen molar-refractivity contribution in [2.45, 2.75) is 39.3 Å². The molecule has 1 aliphatic heterocycles. The van der Waals surface area contributed by atoms with E-state index in [1.54, 1.807) is 19.1 Å². The van der Waals surface area contributed by atoms with Crippen LogP contribution in [0.1, 0.15) is 30.9 Å². The Kier molecular flexibility index (Phi) is 4.53. The lowest BCUT2D eigenvalue weighted by atomic mass is 9.92. The predicted octanol–water partition coefficient (Wildman–Crippen LogP) is 2.14. The number of hydrogen-bond acceptors (Lipinski definition) is 2. The number of amides is 1. The quantitative estimate of drug-likeness (QED) is 0.878. The Balaban J connectivity index is 1.87. The average molecular weight is 264 g/mol. The maximum atomic E-state index is 13.1. The van der Waals surface area contributed by atoms with Crippen LogP contribution >= 0.6 is 0 Å². The standard InChI is InChI=1S/C15H21FN2O/c1-10-7-12(3-4-14(10)16)9-18-15(19)13-5-6-17-11(2)8-13/h3-4,7,11,13,17H,5-6,8-9H2,1-2H3,(H,18,19)/t11-,13-/m0/s1. The van der Waals surface area contributed by atoms with Crippen molar-refractivity contribution >= 4 is 5.91 Å². The van der Waals surface area contributed by atoms with Crippen LogP contribution in [0.4, 0.5) is 4.39 Å². The highest BCUT2D eigenvalue weighted by Gasteiger charge is 2.24. The fourth-order valence-corrected chi connectivity index (χ4v) is 2.52. The largest absolute Gasteiger partial charge is 0.352 e. The maximum absolute atomic E-state index is 13.1. The topological polar surface area (TPSA) is 41.1 Å². The highest BCUT2D eigenvalue weighted by Crippen LogP contribution is 2.16. The fraction of sp³-hybridized carbons (Fsp3) is 0.533. The van der Waals surface area contributed by atoms with Crippen LogP contribution in [-0.4, -0.2) is 18.5 Å². The minimum absolute atomic E-state index is 0.0952. The van der Waals surface area contributed by atoms with E-state index in [9.17, 15) is 9.18 Å². The van der Waals surface area contributed by atoms with Gasteiger partial charge in [0.2, 0.25) is 5.91 Å². The SMILES string of the molecule is Cc1cc(CNC(=O)[C@H]2CCN[C@@H](C)C2)ccc1F. The third kappa shape index (κ3) is 3.77. The van der Waals surface area contributed by atoms with Crippen molar-refractivity contribution in [1.29, 1.82) is 0 Å². The Morgan fingerprint density at radius 3 is 3.00 bits per heavy atom. The van der Waals surface area contributed by atoms with Crippen LogP contribution in [-0.2, 0) is 11.3 Å². The number of piperidine rings is 1. The van der Waals surface area contributed by atoms with E-state index in [1.165, 1.54) is 6.07 Å². The normalized spacial score (nSPS) is 23.1. The first-order valence-electron chi connectivity index (χ1n) is 6.82. The highest BCUT2D eigenvalue weighted by molar-refractivity contribution is 5.78. The second kappa shape index (κ2) is 6.15. The first-order valence-corrected chi connectivity index (χ1v) is 6.82. The third-order valence-corrected chi connectivity index (χ3v) is 3.68. The zero-order chi connectivity index (χ0) is 13.8. The summed E-state index contributed by atoms with van der Waals surface area (Å²) in [6, 6.07) is 5.34. The Morgan fingerprint density at radius 1 is 1.53 bits per heavy atom. The fourth-order valence-electron chi connectivity index (χ4n) is 2.52. The lowest BCUT2D eigenvalue weighted by Crippen LogP contribution is -2.42. The van der Waals surface area contributed by atoms with Gasteiger partial charge in [-0.25, -0.2) is 4.39 Å². The lowest BCUT2D eigenvalue weighted by molar-refractivity contribution is -0.126. The van der Waals surface area contributed by atoms with Crippen molar-refractivity contribution in [1.82, 2.24) is 10.6 Å². The summed E-state index contributed by atoms with van der Waals surface area (Å²) in [7, 11) is 0. The van der Waals surface area contributed by atoms with Crippen LogP contribution in [0, 0.1) is 18.7 Å². The number of aryl methyl sites for hydroxylation is 1. The van der Waals surface area contributed by atoms with Crippen molar-refractivity contribution in [2.75, 3.05) is 6.54 Å². The van der Waals surface area contributed by atoms with Gasteiger partial charge >= 0.3 is 0 Å². The summed E-state index contributed by atoms with van der Waals surface area (Å²) in [5.41, 5.74) is 1.55. The molecule has 19 heavy (non-hydrogen) atoms. The summed E-state index contributed by atoms with van der Waals surface area (Å²) in [4.78, 5) is 12.1. The minimum Gasteiger partial charge on any atom is -0.352 e. The summed E-state index contributed by atoms with van der Waals surface area (Å²) in [6.45, 7) is 5.20. The molecule has 1 aromatic rings. The summed E-state index contributed by atoms with van der Waals surface area (Å²) < 4.78 is 13.1. The third-order valence-electron chi connectivity index (χ3n) is 3.68. The van der Waals surface area contributed by atoms with Gasteiger partial charge in [-0.15, -0.1) is 0 Å². The molecule has 104 valence electrons. The Hall–Kier alpha value is -1.42. The molecule has 2 atom stereocenters. The molecule has 1 fully saturated rings. The number of nitrogens with one attached hydrogen (secondary N) is 2. The first kappa shape index (κ1) is 14.0. The zero-order valence-electron chi connectivity index (χ0n) is 11.5. The molecule has 0 aromatic heterocycles. The molecule has 1 heterocycles. The summed E-state index contributed by atoms with van der Waals surface area (Å²) in [5.74, 6) is -0.00428. The molecule has 0 bridgehead atoms. The molecule has 1 aromatic carbocycles. The van der Waals surface area contributed by atoms with E-state index < -0.39 is 0 Å². The molecular formula is C15H21FN2O. The smallest absolute Gasteiger partial charge is 0.223 e. The summed E-state index contributed by atoms with van der Waals surface area (Å²) >= 11 is 0. The van der Waals surface area contributed by atoms with Gasteiger partial charge in [0.05, 0.1) is 0 Å². The van der Waals surface area contributed by atoms with Crippen LogP contribution in [0.5, 0.6) is 0 Å². The number of carbonyl (C=O) groups is 1. The molecule has 3 nitrogen and oxygen atoms in total. The van der Waals surface area contributed by atoms with Gasteiger partial charge in [-0.1, -0.05) is 12.1 Å². The molecule has 2 rings (SSSR count). The van der Waals surface area contributed by atoms with Crippen molar-refractivity contribution in [3.8, 4) is 0 Å². The number of rotatable bonds is 3. The van der Waals surface area contributed by atoms with E-state index in [0.29, 0.717) is 18.2 Å². The monoisotopic (exact) mass is 264 g/mol. The van der Waals surface area contributed by atoms with E-state index in [0.717, 1.165) is 24.9 Å². The Bertz CT molecular complexity index is 461. The number of benzene rings is 1. The van der Waals surface area contributed by atoms with Gasteiger partial charge < -0.3 is 10.6 Å². The van der Waals surface area contributed by atoms with Gasteiger partial charge in [0.1, 0.15) is 5.82 Å². The van der Waals surface area contributed by atoms with Crippen LogP contribution in [0.25, 0.3) is 0 Å².